The van der Waals surface area contributed by atoms with Crippen LogP contribution < -0.4 is 5.43 Å². The fraction of sp³-hybridized carbons (Fsp3) is 0.0625. The van der Waals surface area contributed by atoms with Crippen molar-refractivity contribution in [3.05, 3.63) is 65.2 Å². The Labute approximate surface area is 127 Å². The van der Waals surface area contributed by atoms with Crippen molar-refractivity contribution in [2.24, 2.45) is 5.10 Å². The van der Waals surface area contributed by atoms with E-state index in [-0.39, 0.29) is 11.5 Å². The van der Waals surface area contributed by atoms with Gasteiger partial charge in [-0.3, -0.25) is 5.43 Å². The van der Waals surface area contributed by atoms with Crippen LogP contribution in [0.5, 0.6) is 0 Å². The molecule has 0 saturated heterocycles. The molecule has 6 heteroatoms. The molecular formula is C16H14N2O4. The topological polar surface area (TPSA) is 88.0 Å². The van der Waals surface area contributed by atoms with Gasteiger partial charge in [0, 0.05) is 0 Å². The molecule has 0 radical (unpaired) electrons. The van der Waals surface area contributed by atoms with Crippen LogP contribution in [0.3, 0.4) is 0 Å². The lowest BCUT2D eigenvalue weighted by molar-refractivity contribution is 0.0600. The van der Waals surface area contributed by atoms with E-state index in [1.165, 1.54) is 19.2 Å². The third kappa shape index (κ3) is 3.92. The van der Waals surface area contributed by atoms with Gasteiger partial charge in [0.1, 0.15) is 0 Å². The van der Waals surface area contributed by atoms with Gasteiger partial charge in [-0.05, 0) is 42.0 Å². The molecule has 0 fully saturated rings. The normalized spacial score (nSPS) is 10.4. The van der Waals surface area contributed by atoms with Crippen molar-refractivity contribution in [2.45, 2.75) is 0 Å². The summed E-state index contributed by atoms with van der Waals surface area (Å²) in [5.41, 5.74) is 4.96. The summed E-state index contributed by atoms with van der Waals surface area (Å²) in [6, 6.07) is 13.0. The number of esters is 1. The summed E-state index contributed by atoms with van der Waals surface area (Å²) in [4.78, 5) is 22.0. The maximum absolute atomic E-state index is 11.3. The molecule has 2 N–H and O–H groups in total. The predicted octanol–water partition coefficient (Wildman–Crippen LogP) is 2.62. The number of carboxylic acids is 1. The first-order chi connectivity index (χ1) is 10.6. The Morgan fingerprint density at radius 2 is 1.64 bits per heavy atom. The molecule has 0 spiro atoms. The van der Waals surface area contributed by atoms with Crippen LogP contribution in [0.1, 0.15) is 26.3 Å². The summed E-state index contributed by atoms with van der Waals surface area (Å²) >= 11 is 0. The smallest absolute Gasteiger partial charge is 0.337 e. The van der Waals surface area contributed by atoms with Crippen LogP contribution in [0, 0.1) is 0 Å². The summed E-state index contributed by atoms with van der Waals surface area (Å²) < 4.78 is 4.61. The van der Waals surface area contributed by atoms with Gasteiger partial charge in [-0.25, -0.2) is 9.59 Å². The van der Waals surface area contributed by atoms with Gasteiger partial charge in [0.2, 0.25) is 0 Å². The number of hydrogen-bond acceptors (Lipinski definition) is 5. The standard InChI is InChI=1S/C16H14N2O4/c1-22-16(21)13-4-2-11(3-5-13)10-17-18-14-8-6-12(7-9-14)15(19)20/h2-10,18H,1H3,(H,19,20)/b17-10-. The molecular weight excluding hydrogens is 284 g/mol. The Kier molecular flexibility index (Phi) is 4.87. The fourth-order valence-electron chi connectivity index (χ4n) is 1.69. The lowest BCUT2D eigenvalue weighted by atomic mass is 10.1. The minimum absolute atomic E-state index is 0.216. The van der Waals surface area contributed by atoms with E-state index < -0.39 is 5.97 Å². The van der Waals surface area contributed by atoms with Gasteiger partial charge in [-0.2, -0.15) is 5.10 Å². The van der Waals surface area contributed by atoms with Crippen LogP contribution in [0.4, 0.5) is 5.69 Å². The highest BCUT2D eigenvalue weighted by Crippen LogP contribution is 2.09. The first-order valence-corrected chi connectivity index (χ1v) is 6.41. The molecule has 0 aliphatic heterocycles. The van der Waals surface area contributed by atoms with E-state index in [9.17, 15) is 9.59 Å². The number of aromatic carboxylic acids is 1. The average Bonchev–Trinajstić information content (AvgIpc) is 2.55. The van der Waals surface area contributed by atoms with Gasteiger partial charge in [0.05, 0.1) is 30.1 Å². The van der Waals surface area contributed by atoms with E-state index in [0.717, 1.165) is 5.56 Å². The maximum Gasteiger partial charge on any atom is 0.337 e. The summed E-state index contributed by atoms with van der Waals surface area (Å²) in [6.07, 6.45) is 1.59. The molecule has 0 aromatic heterocycles. The highest BCUT2D eigenvalue weighted by atomic mass is 16.5. The van der Waals surface area contributed by atoms with Crippen LogP contribution in [-0.2, 0) is 4.74 Å². The Morgan fingerprint density at radius 1 is 1.05 bits per heavy atom. The second-order valence-corrected chi connectivity index (χ2v) is 4.37. The molecule has 22 heavy (non-hydrogen) atoms. The Bertz CT molecular complexity index is 691. The van der Waals surface area contributed by atoms with E-state index in [1.54, 1.807) is 42.6 Å². The third-order valence-corrected chi connectivity index (χ3v) is 2.87. The minimum Gasteiger partial charge on any atom is -0.478 e. The number of carbonyl (C=O) groups excluding carboxylic acids is 1. The van der Waals surface area contributed by atoms with Gasteiger partial charge >= 0.3 is 11.9 Å². The quantitative estimate of drug-likeness (QED) is 0.503. The average molecular weight is 298 g/mol. The molecule has 6 nitrogen and oxygen atoms in total. The second-order valence-electron chi connectivity index (χ2n) is 4.37. The molecule has 0 heterocycles. The van der Waals surface area contributed by atoms with Crippen LogP contribution in [0.15, 0.2) is 53.6 Å². The van der Waals surface area contributed by atoms with E-state index in [4.69, 9.17) is 5.11 Å². The Balaban J connectivity index is 1.97. The monoisotopic (exact) mass is 298 g/mol. The number of nitrogens with zero attached hydrogens (tertiary/aromatic N) is 1. The van der Waals surface area contributed by atoms with Crippen molar-refractivity contribution in [3.63, 3.8) is 0 Å². The lowest BCUT2D eigenvalue weighted by Crippen LogP contribution is -2.00. The SMILES string of the molecule is COC(=O)c1ccc(/C=N\Nc2ccc(C(=O)O)cc2)cc1. The number of ether oxygens (including phenoxy) is 1. The number of rotatable bonds is 5. The number of nitrogens with one attached hydrogen (secondary N) is 1. The van der Waals surface area contributed by atoms with Crippen LogP contribution in [0.25, 0.3) is 0 Å². The first-order valence-electron chi connectivity index (χ1n) is 6.41. The number of carbonyl (C=O) groups is 2. The summed E-state index contributed by atoms with van der Waals surface area (Å²) in [6.45, 7) is 0. The predicted molar refractivity (Wildman–Crippen MR) is 82.4 cm³/mol. The van der Waals surface area contributed by atoms with Crippen LogP contribution in [0.2, 0.25) is 0 Å². The van der Waals surface area contributed by atoms with Crippen molar-refractivity contribution in [1.82, 2.24) is 0 Å². The zero-order valence-corrected chi connectivity index (χ0v) is 11.8. The molecule has 112 valence electrons. The lowest BCUT2D eigenvalue weighted by Gasteiger charge is -2.01. The highest BCUT2D eigenvalue weighted by Gasteiger charge is 2.03. The molecule has 0 unspecified atom stereocenters. The molecule has 0 atom stereocenters. The van der Waals surface area contributed by atoms with Crippen LogP contribution >= 0.6 is 0 Å². The van der Waals surface area contributed by atoms with Crippen molar-refractivity contribution in [2.75, 3.05) is 12.5 Å². The van der Waals surface area contributed by atoms with Crippen molar-refractivity contribution in [1.29, 1.82) is 0 Å². The number of hydrogen-bond donors (Lipinski definition) is 2. The molecule has 0 saturated carbocycles. The largest absolute Gasteiger partial charge is 0.478 e. The van der Waals surface area contributed by atoms with Gasteiger partial charge in [-0.15, -0.1) is 0 Å². The van der Waals surface area contributed by atoms with Crippen LogP contribution in [-0.4, -0.2) is 30.4 Å². The summed E-state index contributed by atoms with van der Waals surface area (Å²) in [5, 5.41) is 12.8. The minimum atomic E-state index is -0.972. The summed E-state index contributed by atoms with van der Waals surface area (Å²) in [7, 11) is 1.33. The number of benzene rings is 2. The molecule has 2 aromatic carbocycles. The number of carboxylic acid groups (broad SMARTS) is 1. The number of anilines is 1. The second kappa shape index (κ2) is 7.03. The molecule has 2 rings (SSSR count). The Hall–Kier alpha value is -3.15. The van der Waals surface area contributed by atoms with E-state index in [1.807, 2.05) is 0 Å². The van der Waals surface area contributed by atoms with E-state index in [2.05, 4.69) is 15.3 Å². The van der Waals surface area contributed by atoms with Gasteiger partial charge in [0.15, 0.2) is 0 Å². The highest BCUT2D eigenvalue weighted by molar-refractivity contribution is 5.90. The molecule has 2 aromatic rings. The maximum atomic E-state index is 11.3. The molecule has 0 bridgehead atoms. The van der Waals surface area contributed by atoms with E-state index >= 15 is 0 Å². The number of methoxy groups -OCH3 is 1. The molecule has 0 aliphatic rings. The first kappa shape index (κ1) is 15.2. The zero-order valence-electron chi connectivity index (χ0n) is 11.8. The fourth-order valence-corrected chi connectivity index (χ4v) is 1.69. The Morgan fingerprint density at radius 3 is 2.18 bits per heavy atom. The van der Waals surface area contributed by atoms with Gasteiger partial charge < -0.3 is 9.84 Å². The van der Waals surface area contributed by atoms with Gasteiger partial charge in [0.25, 0.3) is 0 Å². The summed E-state index contributed by atoms with van der Waals surface area (Å²) in [5.74, 6) is -1.36. The zero-order chi connectivity index (χ0) is 15.9. The third-order valence-electron chi connectivity index (χ3n) is 2.87. The van der Waals surface area contributed by atoms with Crippen molar-refractivity contribution < 1.29 is 19.4 Å². The van der Waals surface area contributed by atoms with Crippen molar-refractivity contribution in [3.8, 4) is 0 Å². The molecule has 0 amide bonds. The number of hydrazone groups is 1. The molecule has 0 aliphatic carbocycles. The van der Waals surface area contributed by atoms with Gasteiger partial charge in [-0.1, -0.05) is 12.1 Å². The van der Waals surface area contributed by atoms with Crippen molar-refractivity contribution >= 4 is 23.8 Å². The van der Waals surface area contributed by atoms with E-state index in [0.29, 0.717) is 11.3 Å².